The van der Waals surface area contributed by atoms with Gasteiger partial charge in [0.15, 0.2) is 0 Å². The van der Waals surface area contributed by atoms with E-state index in [2.05, 4.69) is 38.8 Å². The summed E-state index contributed by atoms with van der Waals surface area (Å²) in [6.45, 7) is 3.96. The van der Waals surface area contributed by atoms with Crippen molar-refractivity contribution in [1.29, 1.82) is 0 Å². The summed E-state index contributed by atoms with van der Waals surface area (Å²) in [5.74, 6) is -0.786. The molecule has 2 saturated heterocycles. The second kappa shape index (κ2) is 5.90. The quantitative estimate of drug-likeness (QED) is 0.786. The van der Waals surface area contributed by atoms with E-state index in [1.54, 1.807) is 0 Å². The number of nitrogens with zero attached hydrogens (tertiary/aromatic N) is 3. The summed E-state index contributed by atoms with van der Waals surface area (Å²) < 4.78 is 1.83. The number of hydrogen-bond donors (Lipinski definition) is 2. The first-order chi connectivity index (χ1) is 11.6. The molecule has 0 saturated carbocycles. The topological polar surface area (TPSA) is 79.3 Å². The first kappa shape index (κ1) is 15.1. The number of nitrogens with one attached hydrogen (secondary N) is 2. The molecular weight excluding hydrogens is 306 g/mol. The van der Waals surface area contributed by atoms with Crippen LogP contribution in [0.25, 0.3) is 10.9 Å². The van der Waals surface area contributed by atoms with Crippen LogP contribution in [-0.2, 0) is 16.6 Å². The molecule has 1 aromatic carbocycles. The lowest BCUT2D eigenvalue weighted by molar-refractivity contribution is -0.134. The summed E-state index contributed by atoms with van der Waals surface area (Å²) in [6.07, 6.45) is 0.893. The smallest absolute Gasteiger partial charge is 0.235 e. The number of anilines is 1. The Morgan fingerprint density at radius 2 is 2.00 bits per heavy atom. The third-order valence-electron chi connectivity index (χ3n) is 4.92. The Hall–Kier alpha value is -2.41. The molecule has 2 aromatic rings. The Morgan fingerprint density at radius 3 is 2.75 bits per heavy atom. The predicted octanol–water partition coefficient (Wildman–Crippen LogP) is 0.503. The molecule has 0 spiro atoms. The minimum absolute atomic E-state index is 0.197. The fourth-order valence-corrected chi connectivity index (χ4v) is 3.61. The van der Waals surface area contributed by atoms with Crippen LogP contribution in [0.1, 0.15) is 24.5 Å². The highest BCUT2D eigenvalue weighted by Gasteiger charge is 2.31. The van der Waals surface area contributed by atoms with Gasteiger partial charge in [0.2, 0.25) is 11.8 Å². The number of aryl methyl sites for hydroxylation is 1. The van der Waals surface area contributed by atoms with Gasteiger partial charge in [-0.3, -0.25) is 19.6 Å². The lowest BCUT2D eigenvalue weighted by Gasteiger charge is -2.29. The van der Waals surface area contributed by atoms with E-state index in [0.29, 0.717) is 12.8 Å². The number of piperidine rings is 1. The van der Waals surface area contributed by atoms with Crippen molar-refractivity contribution >= 4 is 28.4 Å². The zero-order valence-corrected chi connectivity index (χ0v) is 13.7. The maximum atomic E-state index is 12.2. The van der Waals surface area contributed by atoms with E-state index in [9.17, 15) is 9.59 Å². The third kappa shape index (κ3) is 2.54. The predicted molar refractivity (Wildman–Crippen MR) is 90.9 cm³/mol. The van der Waals surface area contributed by atoms with E-state index in [1.807, 2.05) is 11.7 Å². The molecule has 0 aliphatic carbocycles. The molecule has 126 valence electrons. The fourth-order valence-electron chi connectivity index (χ4n) is 3.61. The highest BCUT2D eigenvalue weighted by atomic mass is 16.2. The van der Waals surface area contributed by atoms with Crippen LogP contribution >= 0.6 is 0 Å². The molecule has 3 heterocycles. The second-order valence-electron chi connectivity index (χ2n) is 6.45. The molecule has 2 aliphatic rings. The monoisotopic (exact) mass is 327 g/mol. The Morgan fingerprint density at radius 1 is 1.21 bits per heavy atom. The van der Waals surface area contributed by atoms with Crippen LogP contribution in [0.15, 0.2) is 18.2 Å². The van der Waals surface area contributed by atoms with Gasteiger partial charge >= 0.3 is 0 Å². The van der Waals surface area contributed by atoms with Crippen molar-refractivity contribution in [2.24, 2.45) is 7.05 Å². The number of aromatic nitrogens is 2. The molecule has 2 aliphatic heterocycles. The van der Waals surface area contributed by atoms with Gasteiger partial charge < -0.3 is 10.2 Å². The summed E-state index contributed by atoms with van der Waals surface area (Å²) in [5.41, 5.74) is 2.97. The zero-order valence-electron chi connectivity index (χ0n) is 13.7. The van der Waals surface area contributed by atoms with E-state index in [0.717, 1.165) is 42.8 Å². The van der Waals surface area contributed by atoms with Crippen LogP contribution in [0.4, 0.5) is 5.69 Å². The number of fused-ring (bicyclic) bond motifs is 1. The highest BCUT2D eigenvalue weighted by Crippen LogP contribution is 2.32. The highest BCUT2D eigenvalue weighted by molar-refractivity contribution is 6.02. The molecule has 7 nitrogen and oxygen atoms in total. The lowest BCUT2D eigenvalue weighted by Crippen LogP contribution is -2.43. The molecule has 7 heteroatoms. The fraction of sp³-hybridized carbons (Fsp3) is 0.471. The third-order valence-corrected chi connectivity index (χ3v) is 4.92. The molecular formula is C17H21N5O2. The minimum atomic E-state index is -0.351. The standard InChI is InChI=1S/C17H21N5O2/c1-21-14-10-11(22-8-6-18-7-9-22)2-3-12(14)16(20-21)13-4-5-15(23)19-17(13)24/h2-3,10,13,18H,4-9H2,1H3,(H,19,23,24). The number of benzene rings is 1. The Bertz CT molecular complexity index is 807. The second-order valence-corrected chi connectivity index (χ2v) is 6.45. The van der Waals surface area contributed by atoms with Crippen LogP contribution in [-0.4, -0.2) is 47.8 Å². The minimum Gasteiger partial charge on any atom is -0.369 e. The number of hydrogen-bond acceptors (Lipinski definition) is 5. The van der Waals surface area contributed by atoms with Gasteiger partial charge in [0.05, 0.1) is 17.1 Å². The van der Waals surface area contributed by atoms with Crippen LogP contribution < -0.4 is 15.5 Å². The van der Waals surface area contributed by atoms with Crippen LogP contribution in [0.2, 0.25) is 0 Å². The molecule has 2 amide bonds. The van der Waals surface area contributed by atoms with Crippen molar-refractivity contribution in [2.45, 2.75) is 18.8 Å². The van der Waals surface area contributed by atoms with Gasteiger partial charge in [-0.15, -0.1) is 0 Å². The summed E-state index contributed by atoms with van der Waals surface area (Å²) in [5, 5.41) is 11.4. The Balaban J connectivity index is 1.71. The van der Waals surface area contributed by atoms with Gasteiger partial charge in [0, 0.05) is 50.7 Å². The molecule has 2 N–H and O–H groups in total. The van der Waals surface area contributed by atoms with Crippen molar-refractivity contribution in [3.05, 3.63) is 23.9 Å². The van der Waals surface area contributed by atoms with Crippen LogP contribution in [0.3, 0.4) is 0 Å². The molecule has 0 bridgehead atoms. The van der Waals surface area contributed by atoms with Crippen molar-refractivity contribution in [3.8, 4) is 0 Å². The van der Waals surface area contributed by atoms with Crippen LogP contribution in [0, 0.1) is 0 Å². The maximum Gasteiger partial charge on any atom is 0.235 e. The summed E-state index contributed by atoms with van der Waals surface area (Å²) in [4.78, 5) is 25.9. The van der Waals surface area contributed by atoms with Gasteiger partial charge in [-0.05, 0) is 24.6 Å². The van der Waals surface area contributed by atoms with Gasteiger partial charge in [-0.2, -0.15) is 5.10 Å². The number of rotatable bonds is 2. The van der Waals surface area contributed by atoms with E-state index < -0.39 is 0 Å². The number of amides is 2. The average molecular weight is 327 g/mol. The summed E-state index contributed by atoms with van der Waals surface area (Å²) in [7, 11) is 1.90. The molecule has 1 atom stereocenters. The van der Waals surface area contributed by atoms with Gasteiger partial charge in [0.25, 0.3) is 0 Å². The van der Waals surface area contributed by atoms with E-state index in [1.165, 1.54) is 5.69 Å². The largest absolute Gasteiger partial charge is 0.369 e. The lowest BCUT2D eigenvalue weighted by atomic mass is 9.93. The van der Waals surface area contributed by atoms with Gasteiger partial charge in [0.1, 0.15) is 0 Å². The SMILES string of the molecule is Cn1nc(C2CCC(=O)NC2=O)c2ccc(N3CCNCC3)cc21. The van der Waals surface area contributed by atoms with E-state index in [4.69, 9.17) is 0 Å². The molecule has 1 unspecified atom stereocenters. The maximum absolute atomic E-state index is 12.2. The van der Waals surface area contributed by atoms with Crippen LogP contribution in [0.5, 0.6) is 0 Å². The molecule has 2 fully saturated rings. The van der Waals surface area contributed by atoms with Gasteiger partial charge in [-0.1, -0.05) is 0 Å². The molecule has 1 aromatic heterocycles. The molecule has 0 radical (unpaired) electrons. The van der Waals surface area contributed by atoms with Crippen molar-refractivity contribution < 1.29 is 9.59 Å². The normalized spacial score (nSPS) is 22.0. The Kier molecular flexibility index (Phi) is 3.72. The van der Waals surface area contributed by atoms with Crippen molar-refractivity contribution in [3.63, 3.8) is 0 Å². The average Bonchev–Trinajstić information content (AvgIpc) is 2.92. The van der Waals surface area contributed by atoms with E-state index in [-0.39, 0.29) is 17.7 Å². The summed E-state index contributed by atoms with van der Waals surface area (Å²) >= 11 is 0. The number of carbonyl (C=O) groups is 2. The first-order valence-electron chi connectivity index (χ1n) is 8.39. The zero-order chi connectivity index (χ0) is 16.7. The number of imide groups is 1. The number of piperazine rings is 1. The van der Waals surface area contributed by atoms with Gasteiger partial charge in [-0.25, -0.2) is 0 Å². The van der Waals surface area contributed by atoms with Crippen molar-refractivity contribution in [1.82, 2.24) is 20.4 Å². The Labute approximate surface area is 140 Å². The number of carbonyl (C=O) groups excluding carboxylic acids is 2. The molecule has 4 rings (SSSR count). The van der Waals surface area contributed by atoms with Crippen molar-refractivity contribution in [2.75, 3.05) is 31.1 Å². The molecule has 24 heavy (non-hydrogen) atoms. The van der Waals surface area contributed by atoms with E-state index >= 15 is 0 Å². The summed E-state index contributed by atoms with van der Waals surface area (Å²) in [6, 6.07) is 6.30. The first-order valence-corrected chi connectivity index (χ1v) is 8.39.